The number of anilines is 1. The molecule has 6 nitrogen and oxygen atoms in total. The molecule has 0 radical (unpaired) electrons. The van der Waals surface area contributed by atoms with Crippen LogP contribution in [0.5, 0.6) is 0 Å². The normalized spacial score (nSPS) is 11.3. The van der Waals surface area contributed by atoms with Gasteiger partial charge in [0.1, 0.15) is 17.2 Å². The fraction of sp³-hybridized carbons (Fsp3) is 0.0968. The molecule has 3 aromatic carbocycles. The summed E-state index contributed by atoms with van der Waals surface area (Å²) in [4.78, 5) is 19.3. The van der Waals surface area contributed by atoms with E-state index in [1.165, 1.54) is 12.1 Å². The monoisotopic (exact) mass is 504 g/mol. The van der Waals surface area contributed by atoms with Crippen molar-refractivity contribution in [2.45, 2.75) is 0 Å². The predicted octanol–water partition coefficient (Wildman–Crippen LogP) is 6.67. The Morgan fingerprint density at radius 3 is 2.50 bits per heavy atom. The summed E-state index contributed by atoms with van der Waals surface area (Å²) in [6.45, 7) is 0. The molecule has 0 aliphatic carbocycles. The molecule has 1 amide bonds. The molecule has 0 bridgehead atoms. The molecule has 0 fully saturated rings. The van der Waals surface area contributed by atoms with Crippen LogP contribution in [0.3, 0.4) is 0 Å². The van der Waals surface area contributed by atoms with Crippen LogP contribution in [0.1, 0.15) is 10.4 Å². The average Bonchev–Trinajstić information content (AvgIpc) is 3.53. The van der Waals surface area contributed by atoms with E-state index in [0.29, 0.717) is 27.9 Å². The Bertz CT molecular complexity index is 1800. The van der Waals surface area contributed by atoms with Gasteiger partial charge in [0.05, 0.1) is 23.0 Å². The summed E-state index contributed by atoms with van der Waals surface area (Å²) in [5.41, 5.74) is 6.63. The maximum Gasteiger partial charge on any atom is 0.255 e. The fourth-order valence-corrected chi connectivity index (χ4v) is 4.92. The van der Waals surface area contributed by atoms with Gasteiger partial charge in [-0.25, -0.2) is 4.39 Å². The maximum absolute atomic E-state index is 13.6. The van der Waals surface area contributed by atoms with E-state index in [2.05, 4.69) is 39.1 Å². The number of halogens is 1. The van der Waals surface area contributed by atoms with E-state index in [9.17, 15) is 9.18 Å². The molecule has 0 atom stereocenters. The highest BCUT2D eigenvalue weighted by atomic mass is 19.1. The van der Waals surface area contributed by atoms with E-state index in [4.69, 9.17) is 4.42 Å². The Kier molecular flexibility index (Phi) is 5.68. The van der Waals surface area contributed by atoms with Gasteiger partial charge in [-0.05, 0) is 66.2 Å². The Hall–Kier alpha value is -4.91. The van der Waals surface area contributed by atoms with Gasteiger partial charge in [0.15, 0.2) is 0 Å². The number of nitrogens with one attached hydrogen (secondary N) is 1. The first-order valence-electron chi connectivity index (χ1n) is 12.2. The maximum atomic E-state index is 13.6. The number of carbonyl (C=O) groups excluding carboxylic acids is 1. The molecule has 7 heteroatoms. The molecule has 38 heavy (non-hydrogen) atoms. The van der Waals surface area contributed by atoms with Crippen LogP contribution in [-0.4, -0.2) is 36.6 Å². The van der Waals surface area contributed by atoms with Gasteiger partial charge in [0, 0.05) is 67.2 Å². The standard InChI is InChI=1S/C31H25FN4O2/c1-33-31(37)29-25-16-24(20-8-11-26-21(15-20)12-14-36(26)23-5-4-13-34-18-23)27(35(2)3)17-28(25)38-30(29)19-6-9-22(32)10-7-19/h4-18H,1-3H3,(H,33,37). The molecular weight excluding hydrogens is 479 g/mol. The zero-order chi connectivity index (χ0) is 26.4. The largest absolute Gasteiger partial charge is 0.455 e. The van der Waals surface area contributed by atoms with Crippen LogP contribution in [-0.2, 0) is 0 Å². The molecule has 1 N–H and O–H groups in total. The minimum atomic E-state index is -0.351. The van der Waals surface area contributed by atoms with Crippen LogP contribution in [0.15, 0.2) is 95.8 Å². The van der Waals surface area contributed by atoms with Crippen LogP contribution in [0.2, 0.25) is 0 Å². The number of pyridine rings is 1. The molecule has 0 aliphatic rings. The van der Waals surface area contributed by atoms with Crippen LogP contribution in [0.25, 0.3) is 50.0 Å². The average molecular weight is 505 g/mol. The van der Waals surface area contributed by atoms with Gasteiger partial charge < -0.3 is 19.2 Å². The molecule has 0 saturated carbocycles. The van der Waals surface area contributed by atoms with Gasteiger partial charge in [0.2, 0.25) is 0 Å². The van der Waals surface area contributed by atoms with E-state index in [1.54, 1.807) is 25.4 Å². The molecule has 3 aromatic heterocycles. The second kappa shape index (κ2) is 9.19. The number of aromatic nitrogens is 2. The van der Waals surface area contributed by atoms with Crippen LogP contribution in [0, 0.1) is 5.82 Å². The first-order valence-corrected chi connectivity index (χ1v) is 12.2. The number of nitrogens with zero attached hydrogens (tertiary/aromatic N) is 3. The summed E-state index contributed by atoms with van der Waals surface area (Å²) >= 11 is 0. The summed E-state index contributed by atoms with van der Waals surface area (Å²) in [7, 11) is 5.54. The number of benzene rings is 3. The topological polar surface area (TPSA) is 63.3 Å². The minimum absolute atomic E-state index is 0.268. The zero-order valence-electron chi connectivity index (χ0n) is 21.2. The van der Waals surface area contributed by atoms with Gasteiger partial charge in [-0.1, -0.05) is 6.07 Å². The van der Waals surface area contributed by atoms with Crippen molar-refractivity contribution in [3.05, 3.63) is 103 Å². The van der Waals surface area contributed by atoms with Crippen molar-refractivity contribution in [2.75, 3.05) is 26.0 Å². The number of hydrogen-bond donors (Lipinski definition) is 1. The molecule has 3 heterocycles. The molecule has 188 valence electrons. The number of amides is 1. The summed E-state index contributed by atoms with van der Waals surface area (Å²) in [5.74, 6) is -0.211. The molecular formula is C31H25FN4O2. The third-order valence-corrected chi connectivity index (χ3v) is 6.77. The summed E-state index contributed by atoms with van der Waals surface area (Å²) in [5, 5.41) is 4.51. The van der Waals surface area contributed by atoms with Crippen molar-refractivity contribution in [1.82, 2.24) is 14.9 Å². The van der Waals surface area contributed by atoms with E-state index >= 15 is 0 Å². The van der Waals surface area contributed by atoms with Gasteiger partial charge >= 0.3 is 0 Å². The lowest BCUT2D eigenvalue weighted by Gasteiger charge is -2.18. The molecule has 0 spiro atoms. The van der Waals surface area contributed by atoms with Crippen LogP contribution < -0.4 is 10.2 Å². The third-order valence-electron chi connectivity index (χ3n) is 6.77. The van der Waals surface area contributed by atoms with Crippen molar-refractivity contribution in [3.63, 3.8) is 0 Å². The highest BCUT2D eigenvalue weighted by molar-refractivity contribution is 6.13. The van der Waals surface area contributed by atoms with Crippen molar-refractivity contribution in [1.29, 1.82) is 0 Å². The van der Waals surface area contributed by atoms with E-state index < -0.39 is 0 Å². The lowest BCUT2D eigenvalue weighted by atomic mass is 9.97. The fourth-order valence-electron chi connectivity index (χ4n) is 4.92. The molecule has 6 aromatic rings. The minimum Gasteiger partial charge on any atom is -0.455 e. The Labute approximate surface area is 218 Å². The number of carbonyl (C=O) groups is 1. The zero-order valence-corrected chi connectivity index (χ0v) is 21.2. The summed E-state index contributed by atoms with van der Waals surface area (Å²) < 4.78 is 21.9. The molecule has 0 unspecified atom stereocenters. The van der Waals surface area contributed by atoms with Gasteiger partial charge in [-0.3, -0.25) is 9.78 Å². The van der Waals surface area contributed by atoms with E-state index in [-0.39, 0.29) is 11.7 Å². The molecule has 0 saturated heterocycles. The van der Waals surface area contributed by atoms with Gasteiger partial charge in [-0.2, -0.15) is 0 Å². The first-order chi connectivity index (χ1) is 18.4. The summed E-state index contributed by atoms with van der Waals surface area (Å²) in [6, 6.07) is 22.3. The lowest BCUT2D eigenvalue weighted by molar-refractivity contribution is 0.0964. The van der Waals surface area contributed by atoms with E-state index in [1.807, 2.05) is 55.7 Å². The Morgan fingerprint density at radius 1 is 1.00 bits per heavy atom. The molecule has 6 rings (SSSR count). The van der Waals surface area contributed by atoms with Crippen molar-refractivity contribution >= 4 is 33.5 Å². The lowest BCUT2D eigenvalue weighted by Crippen LogP contribution is -2.18. The second-order valence-corrected chi connectivity index (χ2v) is 9.32. The Morgan fingerprint density at radius 2 is 1.79 bits per heavy atom. The smallest absolute Gasteiger partial charge is 0.255 e. The van der Waals surface area contributed by atoms with Crippen molar-refractivity contribution in [2.24, 2.45) is 0 Å². The van der Waals surface area contributed by atoms with Gasteiger partial charge in [-0.15, -0.1) is 0 Å². The van der Waals surface area contributed by atoms with Crippen molar-refractivity contribution < 1.29 is 13.6 Å². The van der Waals surface area contributed by atoms with Gasteiger partial charge in [0.25, 0.3) is 5.91 Å². The number of hydrogen-bond acceptors (Lipinski definition) is 4. The highest BCUT2D eigenvalue weighted by Gasteiger charge is 2.24. The number of fused-ring (bicyclic) bond motifs is 2. The first kappa shape index (κ1) is 23.5. The predicted molar refractivity (Wildman–Crippen MR) is 149 cm³/mol. The second-order valence-electron chi connectivity index (χ2n) is 9.32. The highest BCUT2D eigenvalue weighted by Crippen LogP contribution is 2.41. The SMILES string of the molecule is CNC(=O)c1c(-c2ccc(F)cc2)oc2cc(N(C)C)c(-c3ccc4c(ccn4-c4cccnc4)c3)cc12. The number of rotatable bonds is 5. The van der Waals surface area contributed by atoms with E-state index in [0.717, 1.165) is 33.4 Å². The van der Waals surface area contributed by atoms with Crippen molar-refractivity contribution in [3.8, 4) is 28.1 Å². The number of furan rings is 1. The third kappa shape index (κ3) is 3.89. The molecule has 0 aliphatic heterocycles. The summed E-state index contributed by atoms with van der Waals surface area (Å²) in [6.07, 6.45) is 5.64. The quantitative estimate of drug-likeness (QED) is 0.285. The van der Waals surface area contributed by atoms with Crippen LogP contribution >= 0.6 is 0 Å². The Balaban J connectivity index is 1.56. The van der Waals surface area contributed by atoms with Crippen LogP contribution in [0.4, 0.5) is 10.1 Å².